The van der Waals surface area contributed by atoms with Crippen molar-refractivity contribution in [2.24, 2.45) is 0 Å². The molecule has 3 aromatic carbocycles. The molecule has 2 aromatic heterocycles. The molecule has 0 fully saturated rings. The second-order valence-electron chi connectivity index (χ2n) is 15.6. The summed E-state index contributed by atoms with van der Waals surface area (Å²) >= 11 is 2.01. The minimum atomic E-state index is -2.24. The number of benzene rings is 3. The van der Waals surface area contributed by atoms with Gasteiger partial charge in [-0.25, -0.2) is 0 Å². The molecule has 1 nitrogen and oxygen atoms in total. The normalized spacial score (nSPS) is 13.4. The third-order valence-electron chi connectivity index (χ3n) is 10.8. The minimum absolute atomic E-state index is 0.179. The maximum atomic E-state index is 2.74. The summed E-state index contributed by atoms with van der Waals surface area (Å²) in [7, 11) is 0. The first-order chi connectivity index (χ1) is 24.4. The number of thiophene rings is 2. The summed E-state index contributed by atoms with van der Waals surface area (Å²) < 4.78 is 1.76. The quantitative estimate of drug-likeness (QED) is 0.0593. The zero-order valence-electron chi connectivity index (χ0n) is 31.4. The molecule has 0 aliphatic heterocycles. The van der Waals surface area contributed by atoms with Crippen molar-refractivity contribution in [3.05, 3.63) is 108 Å². The Hall–Kier alpha value is -2.34. The van der Waals surface area contributed by atoms with Crippen molar-refractivity contribution in [1.82, 2.24) is 0 Å². The van der Waals surface area contributed by atoms with E-state index in [1.54, 1.807) is 23.8 Å². The van der Waals surface area contributed by atoms with E-state index in [4.69, 9.17) is 0 Å². The van der Waals surface area contributed by atoms with Crippen molar-refractivity contribution in [2.45, 2.75) is 124 Å². The van der Waals surface area contributed by atoms with Crippen LogP contribution >= 0.6 is 22.7 Å². The van der Waals surface area contributed by atoms with Crippen LogP contribution in [-0.4, -0.2) is 18.4 Å². The average Bonchev–Trinajstić information content (AvgIpc) is 3.83. The van der Waals surface area contributed by atoms with Gasteiger partial charge in [0.2, 0.25) is 0 Å². The molecule has 0 spiro atoms. The van der Waals surface area contributed by atoms with Gasteiger partial charge in [-0.1, -0.05) is 36.4 Å². The maximum absolute atomic E-state index is 2.74. The number of rotatable bonds is 19. The summed E-state index contributed by atoms with van der Waals surface area (Å²) in [6, 6.07) is 36.3. The fourth-order valence-corrected chi connectivity index (χ4v) is 15.8. The third-order valence-corrected chi connectivity index (χ3v) is 22.7. The van der Waals surface area contributed by atoms with E-state index in [2.05, 4.69) is 153 Å². The Balaban J connectivity index is 1.35. The van der Waals surface area contributed by atoms with Crippen molar-refractivity contribution in [3.63, 3.8) is 0 Å². The SMILES string of the molecule is CCCCCCCCC1(CCCCCCCC)c2cc(-c3ccc(N(c4ccccc4)c4ccccc4)cc3)sc2-c2s[c]([Sn]([CH3])([CH3])[CH3])cc21. The van der Waals surface area contributed by atoms with Crippen LogP contribution in [-0.2, 0) is 5.41 Å². The molecular weight excluding hydrogens is 749 g/mol. The summed E-state index contributed by atoms with van der Waals surface area (Å²) in [5, 5.41) is 0. The van der Waals surface area contributed by atoms with Crippen LogP contribution in [0.4, 0.5) is 17.1 Å². The predicted molar refractivity (Wildman–Crippen MR) is 227 cm³/mol. The van der Waals surface area contributed by atoms with Crippen molar-refractivity contribution in [2.75, 3.05) is 4.90 Å². The molecular formula is C46H59NS2Sn. The van der Waals surface area contributed by atoms with Crippen molar-refractivity contribution in [1.29, 1.82) is 0 Å². The molecule has 0 saturated heterocycles. The average molecular weight is 809 g/mol. The van der Waals surface area contributed by atoms with Gasteiger partial charge < -0.3 is 0 Å². The van der Waals surface area contributed by atoms with Gasteiger partial charge in [-0.2, -0.15) is 0 Å². The second kappa shape index (κ2) is 17.5. The van der Waals surface area contributed by atoms with Crippen LogP contribution in [0.15, 0.2) is 97.1 Å². The number of para-hydroxylation sites is 2. The first kappa shape index (κ1) is 37.4. The molecule has 0 bridgehead atoms. The van der Waals surface area contributed by atoms with Gasteiger partial charge in [0.05, 0.1) is 0 Å². The molecule has 0 amide bonds. The van der Waals surface area contributed by atoms with E-state index in [0.29, 0.717) is 0 Å². The van der Waals surface area contributed by atoms with E-state index in [1.165, 1.54) is 117 Å². The number of anilines is 3. The predicted octanol–water partition coefficient (Wildman–Crippen LogP) is 15.3. The molecule has 1 aliphatic rings. The van der Waals surface area contributed by atoms with Crippen LogP contribution in [0.25, 0.3) is 20.2 Å². The van der Waals surface area contributed by atoms with E-state index in [-0.39, 0.29) is 5.41 Å². The first-order valence-corrected chi connectivity index (χ1v) is 31.3. The number of nitrogens with zero attached hydrogens (tertiary/aromatic N) is 1. The summed E-state index contributed by atoms with van der Waals surface area (Å²) in [6.07, 6.45) is 19.0. The summed E-state index contributed by atoms with van der Waals surface area (Å²) in [4.78, 5) is 14.8. The van der Waals surface area contributed by atoms with E-state index in [9.17, 15) is 0 Å². The number of hydrogen-bond acceptors (Lipinski definition) is 3. The van der Waals surface area contributed by atoms with Gasteiger partial charge in [0, 0.05) is 0 Å². The fraction of sp³-hybridized carbons (Fsp3) is 0.435. The molecule has 0 radical (unpaired) electrons. The molecule has 0 saturated carbocycles. The van der Waals surface area contributed by atoms with Crippen LogP contribution in [0.5, 0.6) is 0 Å². The monoisotopic (exact) mass is 809 g/mol. The summed E-state index contributed by atoms with van der Waals surface area (Å²) in [5.74, 6) is 0. The van der Waals surface area contributed by atoms with Crippen LogP contribution < -0.4 is 7.79 Å². The molecule has 4 heteroatoms. The van der Waals surface area contributed by atoms with Gasteiger partial charge in [0.25, 0.3) is 0 Å². The summed E-state index contributed by atoms with van der Waals surface area (Å²) in [5.41, 5.74) is 8.46. The van der Waals surface area contributed by atoms with E-state index >= 15 is 0 Å². The van der Waals surface area contributed by atoms with Crippen molar-refractivity contribution >= 4 is 61.0 Å². The molecule has 1 aliphatic carbocycles. The molecule has 6 rings (SSSR count). The molecule has 5 aromatic rings. The third kappa shape index (κ3) is 8.47. The topological polar surface area (TPSA) is 3.24 Å². The van der Waals surface area contributed by atoms with Crippen LogP contribution in [0.3, 0.4) is 0 Å². The standard InChI is InChI=1S/C43H50NS2.3CH3.Sn/c1-3-5-7-9-11-19-30-43(31-20-12-10-8-6-4-2)38-29-32-45-41(38)42-39(43)33-40(46-42)34-25-27-37(28-26-34)44(35-21-15-13-16-22-35)36-23-17-14-18-24-36;;;;/h13-18,21-29,33H,3-12,19-20,30-31H2,1-2H3;3*1H3;. The zero-order valence-corrected chi connectivity index (χ0v) is 35.9. The Labute approximate surface area is 316 Å². The van der Waals surface area contributed by atoms with Crippen LogP contribution in [0.1, 0.15) is 115 Å². The van der Waals surface area contributed by atoms with Gasteiger partial charge >= 0.3 is 258 Å². The molecule has 0 unspecified atom stereocenters. The molecule has 2 heterocycles. The fourth-order valence-electron chi connectivity index (χ4n) is 7.94. The molecule has 0 N–H and O–H groups in total. The van der Waals surface area contributed by atoms with Gasteiger partial charge in [0.1, 0.15) is 0 Å². The number of hydrogen-bond donors (Lipinski definition) is 0. The van der Waals surface area contributed by atoms with Crippen molar-refractivity contribution < 1.29 is 0 Å². The van der Waals surface area contributed by atoms with Crippen LogP contribution in [0.2, 0.25) is 14.8 Å². The van der Waals surface area contributed by atoms with E-state index in [1.807, 2.05) is 0 Å². The molecule has 50 heavy (non-hydrogen) atoms. The van der Waals surface area contributed by atoms with Gasteiger partial charge in [-0.15, -0.1) is 0 Å². The molecule has 0 atom stereocenters. The Morgan fingerprint density at radius 2 is 0.980 bits per heavy atom. The number of fused-ring (bicyclic) bond motifs is 3. The Bertz CT molecular complexity index is 1710. The molecule has 264 valence electrons. The first-order valence-electron chi connectivity index (χ1n) is 19.7. The second-order valence-corrected chi connectivity index (χ2v) is 33.1. The zero-order chi connectivity index (χ0) is 35.0. The van der Waals surface area contributed by atoms with Gasteiger partial charge in [0.15, 0.2) is 0 Å². The number of unbranched alkanes of at least 4 members (excludes halogenated alkanes) is 10. The van der Waals surface area contributed by atoms with Crippen molar-refractivity contribution in [3.8, 4) is 20.2 Å². The summed E-state index contributed by atoms with van der Waals surface area (Å²) in [6.45, 7) is 4.66. The van der Waals surface area contributed by atoms with E-state index in [0.717, 1.165) is 0 Å². The van der Waals surface area contributed by atoms with Crippen LogP contribution in [0, 0.1) is 0 Å². The van der Waals surface area contributed by atoms with Gasteiger partial charge in [-0.3, -0.25) is 0 Å². The Morgan fingerprint density at radius 1 is 0.520 bits per heavy atom. The van der Waals surface area contributed by atoms with Gasteiger partial charge in [-0.05, 0) is 24.3 Å². The Morgan fingerprint density at radius 3 is 1.50 bits per heavy atom. The Kier molecular flexibility index (Phi) is 13.1. The van der Waals surface area contributed by atoms with E-state index < -0.39 is 18.4 Å².